The number of anilines is 1. The molecule has 0 radical (unpaired) electrons. The summed E-state index contributed by atoms with van der Waals surface area (Å²) < 4.78 is 24.8. The molecule has 34 heavy (non-hydrogen) atoms. The van der Waals surface area contributed by atoms with Crippen LogP contribution in [0.2, 0.25) is 0 Å². The Balaban J connectivity index is 0.00000274. The topological polar surface area (TPSA) is 55.8 Å². The summed E-state index contributed by atoms with van der Waals surface area (Å²) in [5.41, 5.74) is 2.92. The minimum atomic E-state index is -0.327. The summed E-state index contributed by atoms with van der Waals surface area (Å²) in [5, 5.41) is 0. The first kappa shape index (κ1) is 23.8. The number of carbonyl (C=O) groups excluding carboxylic acids is 2. The zero-order valence-electron chi connectivity index (χ0n) is 18.6. The van der Waals surface area contributed by atoms with Gasteiger partial charge >= 0.3 is 0 Å². The molecule has 3 aromatic carbocycles. The first-order valence-corrected chi connectivity index (χ1v) is 11.1. The van der Waals surface area contributed by atoms with Gasteiger partial charge in [0.05, 0.1) is 0 Å². The van der Waals surface area contributed by atoms with Gasteiger partial charge in [-0.15, -0.1) is 0 Å². The predicted octanol–water partition coefficient (Wildman–Crippen LogP) is 5.28. The summed E-state index contributed by atoms with van der Waals surface area (Å²) in [7, 11) is 0. The Morgan fingerprint density at radius 3 is 2.56 bits per heavy atom. The number of amides is 1. The Bertz CT molecular complexity index is 1200. The molecular formula is C27H26FNO4S. The minimum Gasteiger partial charge on any atom is -0.454 e. The average molecular weight is 480 g/mol. The third-order valence-electron chi connectivity index (χ3n) is 6.23. The fraction of sp³-hybridized carbons (Fsp3) is 0.259. The Morgan fingerprint density at radius 1 is 1.00 bits per heavy atom. The van der Waals surface area contributed by atoms with Crippen LogP contribution >= 0.6 is 13.5 Å². The van der Waals surface area contributed by atoms with E-state index in [1.165, 1.54) is 6.07 Å². The second-order valence-corrected chi connectivity index (χ2v) is 8.46. The van der Waals surface area contributed by atoms with E-state index in [1.807, 2.05) is 42.5 Å². The van der Waals surface area contributed by atoms with E-state index < -0.39 is 0 Å². The number of hydrogen-bond acceptors (Lipinski definition) is 4. The lowest BCUT2D eigenvalue weighted by Gasteiger charge is -2.32. The molecular weight excluding hydrogens is 453 g/mol. The maximum absolute atomic E-state index is 14.1. The number of rotatable bonds is 6. The van der Waals surface area contributed by atoms with Gasteiger partial charge in [-0.25, -0.2) is 4.39 Å². The quantitative estimate of drug-likeness (QED) is 0.483. The van der Waals surface area contributed by atoms with Gasteiger partial charge in [0, 0.05) is 36.6 Å². The highest BCUT2D eigenvalue weighted by molar-refractivity contribution is 7.59. The molecule has 0 N–H and O–H groups in total. The molecule has 176 valence electrons. The molecule has 0 unspecified atom stereocenters. The molecule has 2 heterocycles. The fourth-order valence-electron chi connectivity index (χ4n) is 4.54. The van der Waals surface area contributed by atoms with Gasteiger partial charge in [0.25, 0.3) is 0 Å². The highest BCUT2D eigenvalue weighted by Gasteiger charge is 2.31. The molecule has 3 aromatic rings. The molecule has 1 atom stereocenters. The third kappa shape index (κ3) is 4.94. The third-order valence-corrected chi connectivity index (χ3v) is 6.23. The largest absolute Gasteiger partial charge is 0.454 e. The number of nitrogens with zero attached hydrogens (tertiary/aromatic N) is 1. The number of piperidine rings is 1. The lowest BCUT2D eigenvalue weighted by molar-refractivity contribution is -0.128. The molecule has 1 saturated heterocycles. The zero-order chi connectivity index (χ0) is 22.8. The number of Topliss-reactive ketones (excluding diaryl/α,β-unsaturated/α-hetero) is 1. The van der Waals surface area contributed by atoms with Gasteiger partial charge in [-0.05, 0) is 54.3 Å². The molecule has 1 fully saturated rings. The van der Waals surface area contributed by atoms with E-state index in [9.17, 15) is 14.0 Å². The van der Waals surface area contributed by atoms with Crippen molar-refractivity contribution in [1.29, 1.82) is 0 Å². The van der Waals surface area contributed by atoms with Crippen molar-refractivity contribution in [2.45, 2.75) is 25.7 Å². The number of carbonyl (C=O) groups is 2. The van der Waals surface area contributed by atoms with Crippen LogP contribution in [-0.4, -0.2) is 25.0 Å². The van der Waals surface area contributed by atoms with Crippen molar-refractivity contribution < 1.29 is 23.5 Å². The second kappa shape index (κ2) is 10.3. The Kier molecular flexibility index (Phi) is 7.22. The smallest absolute Gasteiger partial charge is 0.231 e. The summed E-state index contributed by atoms with van der Waals surface area (Å²) in [5.74, 6) is 0.735. The lowest BCUT2D eigenvalue weighted by Crippen LogP contribution is -2.42. The predicted molar refractivity (Wildman–Crippen MR) is 133 cm³/mol. The van der Waals surface area contributed by atoms with Crippen LogP contribution in [0.4, 0.5) is 10.1 Å². The molecule has 1 amide bonds. The van der Waals surface area contributed by atoms with Crippen molar-refractivity contribution in [3.63, 3.8) is 0 Å². The van der Waals surface area contributed by atoms with Crippen LogP contribution in [0.25, 0.3) is 11.1 Å². The van der Waals surface area contributed by atoms with Crippen molar-refractivity contribution in [1.82, 2.24) is 0 Å². The van der Waals surface area contributed by atoms with E-state index in [0.29, 0.717) is 30.0 Å². The fourth-order valence-corrected chi connectivity index (χ4v) is 4.54. The standard InChI is InChI=1S/C27H24FNO4.H2S/c28-24-6-2-1-5-23(24)19-8-10-21(11-9-19)29-13-3-4-20(27(29)31)16-22(30)14-18-7-12-25-26(15-18)33-17-32-25;/h1-2,5-12,15,20H,3-4,13-14,16-17H2;1H2/t20-;/m1./s1. The highest BCUT2D eigenvalue weighted by atomic mass is 32.1. The number of fused-ring (bicyclic) bond motifs is 1. The molecule has 0 aromatic heterocycles. The maximum Gasteiger partial charge on any atom is 0.231 e. The number of halogens is 1. The van der Waals surface area contributed by atoms with Gasteiger partial charge in [-0.3, -0.25) is 9.59 Å². The van der Waals surface area contributed by atoms with E-state index in [-0.39, 0.29) is 56.6 Å². The van der Waals surface area contributed by atoms with E-state index in [1.54, 1.807) is 23.1 Å². The summed E-state index contributed by atoms with van der Waals surface area (Å²) >= 11 is 0. The molecule has 0 bridgehead atoms. The van der Waals surface area contributed by atoms with Gasteiger partial charge in [0.15, 0.2) is 11.5 Å². The Hall–Kier alpha value is -3.32. The highest BCUT2D eigenvalue weighted by Crippen LogP contribution is 2.33. The number of benzene rings is 3. The molecule has 0 spiro atoms. The molecule has 7 heteroatoms. The number of ketones is 1. The van der Waals surface area contributed by atoms with Gasteiger partial charge in [0.1, 0.15) is 11.6 Å². The van der Waals surface area contributed by atoms with Crippen LogP contribution in [-0.2, 0) is 16.0 Å². The first-order valence-electron chi connectivity index (χ1n) is 11.1. The summed E-state index contributed by atoms with van der Waals surface area (Å²) in [6, 6.07) is 19.5. The van der Waals surface area contributed by atoms with E-state index in [4.69, 9.17) is 9.47 Å². The van der Waals surface area contributed by atoms with Crippen LogP contribution in [0.5, 0.6) is 11.5 Å². The van der Waals surface area contributed by atoms with Gasteiger partial charge in [-0.1, -0.05) is 36.4 Å². The average Bonchev–Trinajstić information content (AvgIpc) is 3.29. The van der Waals surface area contributed by atoms with Crippen LogP contribution in [0.15, 0.2) is 66.7 Å². The number of hydrogen-bond donors (Lipinski definition) is 0. The molecule has 2 aliphatic heterocycles. The van der Waals surface area contributed by atoms with Crippen molar-refractivity contribution in [3.8, 4) is 22.6 Å². The lowest BCUT2D eigenvalue weighted by atomic mass is 9.90. The van der Waals surface area contributed by atoms with Crippen molar-refractivity contribution in [2.24, 2.45) is 5.92 Å². The van der Waals surface area contributed by atoms with Crippen molar-refractivity contribution in [3.05, 3.63) is 78.1 Å². The molecule has 5 rings (SSSR count). The van der Waals surface area contributed by atoms with Crippen LogP contribution < -0.4 is 14.4 Å². The number of ether oxygens (including phenoxy) is 2. The normalized spacial score (nSPS) is 16.8. The SMILES string of the molecule is O=C(Cc1ccc2c(c1)OCO2)C[C@H]1CCCN(c2ccc(-c3ccccc3F)cc2)C1=O.S. The van der Waals surface area contributed by atoms with Crippen molar-refractivity contribution in [2.75, 3.05) is 18.2 Å². The van der Waals surface area contributed by atoms with Gasteiger partial charge < -0.3 is 14.4 Å². The van der Waals surface area contributed by atoms with Gasteiger partial charge in [0.2, 0.25) is 12.7 Å². The summed E-state index contributed by atoms with van der Waals surface area (Å²) in [6.07, 6.45) is 2.02. The van der Waals surface area contributed by atoms with Crippen molar-refractivity contribution >= 4 is 30.9 Å². The second-order valence-electron chi connectivity index (χ2n) is 8.46. The summed E-state index contributed by atoms with van der Waals surface area (Å²) in [6.45, 7) is 0.811. The van der Waals surface area contributed by atoms with Crippen LogP contribution in [0.3, 0.4) is 0 Å². The first-order chi connectivity index (χ1) is 16.1. The maximum atomic E-state index is 14.1. The van der Waals surface area contributed by atoms with E-state index >= 15 is 0 Å². The monoisotopic (exact) mass is 479 g/mol. The van der Waals surface area contributed by atoms with Crippen LogP contribution in [0.1, 0.15) is 24.8 Å². The van der Waals surface area contributed by atoms with E-state index in [2.05, 4.69) is 0 Å². The zero-order valence-corrected chi connectivity index (χ0v) is 19.6. The molecule has 5 nitrogen and oxygen atoms in total. The van der Waals surface area contributed by atoms with Crippen LogP contribution in [0, 0.1) is 11.7 Å². The Morgan fingerprint density at radius 2 is 1.76 bits per heavy atom. The Labute approximate surface area is 204 Å². The summed E-state index contributed by atoms with van der Waals surface area (Å²) in [4.78, 5) is 27.6. The molecule has 0 aliphatic carbocycles. The van der Waals surface area contributed by atoms with E-state index in [0.717, 1.165) is 23.2 Å². The van der Waals surface area contributed by atoms with Gasteiger partial charge in [-0.2, -0.15) is 13.5 Å². The minimum absolute atomic E-state index is 0. The molecule has 0 saturated carbocycles. The molecule has 2 aliphatic rings.